The van der Waals surface area contributed by atoms with Crippen molar-refractivity contribution in [2.75, 3.05) is 12.4 Å². The molecule has 0 saturated heterocycles. The van der Waals surface area contributed by atoms with Crippen molar-refractivity contribution >= 4 is 21.6 Å². The smallest absolute Gasteiger partial charge is 0.255 e. The predicted octanol–water partition coefficient (Wildman–Crippen LogP) is 4.61. The number of hydrogen-bond acceptors (Lipinski definition) is 5. The number of nitrogens with one attached hydrogen (secondary N) is 2. The zero-order chi connectivity index (χ0) is 25.2. The van der Waals surface area contributed by atoms with Crippen LogP contribution >= 0.6 is 0 Å². The molecule has 2 N–H and O–H groups in total. The standard InChI is InChI=1S/C26H32N4O4S/c1-17-10-8-9-13-22(17)29-35(32,33)24-16-20(14-15-23(24)34-4)26(31)27-25-18(2)28-30(19(25)3)21-11-6-5-7-12-21/h5-7,11-12,14-17,22,29H,8-10,13H2,1-4H3,(H,27,31). The summed E-state index contributed by atoms with van der Waals surface area (Å²) in [6.07, 6.45) is 3.89. The Morgan fingerprint density at radius 2 is 1.80 bits per heavy atom. The third-order valence-corrected chi connectivity index (χ3v) is 8.18. The number of sulfonamides is 1. The number of carbonyl (C=O) groups is 1. The van der Waals surface area contributed by atoms with Crippen LogP contribution in [0.2, 0.25) is 0 Å². The molecule has 1 aromatic heterocycles. The first-order chi connectivity index (χ1) is 16.7. The topological polar surface area (TPSA) is 102 Å². The molecule has 3 aromatic rings. The zero-order valence-corrected chi connectivity index (χ0v) is 21.4. The van der Waals surface area contributed by atoms with Crippen molar-refractivity contribution in [3.63, 3.8) is 0 Å². The van der Waals surface area contributed by atoms with Gasteiger partial charge >= 0.3 is 0 Å². The summed E-state index contributed by atoms with van der Waals surface area (Å²) in [7, 11) is -2.47. The number of aryl methyl sites for hydroxylation is 1. The summed E-state index contributed by atoms with van der Waals surface area (Å²) in [6, 6.07) is 14.0. The van der Waals surface area contributed by atoms with E-state index in [4.69, 9.17) is 4.74 Å². The van der Waals surface area contributed by atoms with Gasteiger partial charge in [0.05, 0.1) is 29.9 Å². The zero-order valence-electron chi connectivity index (χ0n) is 20.5. The molecule has 35 heavy (non-hydrogen) atoms. The number of anilines is 1. The molecule has 9 heteroatoms. The fourth-order valence-electron chi connectivity index (χ4n) is 4.61. The summed E-state index contributed by atoms with van der Waals surface area (Å²) in [6.45, 7) is 5.76. The highest BCUT2D eigenvalue weighted by atomic mass is 32.2. The molecule has 186 valence electrons. The van der Waals surface area contributed by atoms with Crippen molar-refractivity contribution in [1.29, 1.82) is 0 Å². The fourth-order valence-corrected chi connectivity index (χ4v) is 6.19. The fraction of sp³-hybridized carbons (Fsp3) is 0.385. The Morgan fingerprint density at radius 1 is 1.09 bits per heavy atom. The first-order valence-electron chi connectivity index (χ1n) is 11.8. The quantitative estimate of drug-likeness (QED) is 0.497. The van der Waals surface area contributed by atoms with Crippen LogP contribution in [0.4, 0.5) is 5.69 Å². The second kappa shape index (κ2) is 10.2. The van der Waals surface area contributed by atoms with Crippen LogP contribution < -0.4 is 14.8 Å². The number of rotatable bonds is 7. The lowest BCUT2D eigenvalue weighted by Crippen LogP contribution is -2.41. The molecule has 4 rings (SSSR count). The Morgan fingerprint density at radius 3 is 2.49 bits per heavy atom. The van der Waals surface area contributed by atoms with Gasteiger partial charge in [0.2, 0.25) is 10.0 Å². The highest BCUT2D eigenvalue weighted by Crippen LogP contribution is 2.30. The largest absolute Gasteiger partial charge is 0.495 e. The highest BCUT2D eigenvalue weighted by molar-refractivity contribution is 7.89. The number of hydrogen-bond donors (Lipinski definition) is 2. The van der Waals surface area contributed by atoms with Gasteiger partial charge in [0.25, 0.3) is 5.91 Å². The maximum Gasteiger partial charge on any atom is 0.255 e. The summed E-state index contributed by atoms with van der Waals surface area (Å²) in [5, 5.41) is 7.47. The van der Waals surface area contributed by atoms with Crippen LogP contribution in [0.1, 0.15) is 54.4 Å². The van der Waals surface area contributed by atoms with Crippen molar-refractivity contribution in [2.24, 2.45) is 5.92 Å². The Hall–Kier alpha value is -3.17. The third kappa shape index (κ3) is 5.26. The Kier molecular flexibility index (Phi) is 7.28. The molecular formula is C26H32N4O4S. The van der Waals surface area contributed by atoms with E-state index in [1.807, 2.05) is 44.2 Å². The molecule has 0 spiro atoms. The second-order valence-corrected chi connectivity index (χ2v) is 10.8. The summed E-state index contributed by atoms with van der Waals surface area (Å²) in [4.78, 5) is 13.1. The number of ether oxygens (including phenoxy) is 1. The molecule has 2 atom stereocenters. The Labute approximate surface area is 206 Å². The molecule has 1 aliphatic carbocycles. The summed E-state index contributed by atoms with van der Waals surface area (Å²) in [5.74, 6) is 0.0267. The molecule has 2 unspecified atom stereocenters. The van der Waals surface area contributed by atoms with Crippen LogP contribution in [0, 0.1) is 19.8 Å². The summed E-state index contributed by atoms with van der Waals surface area (Å²) >= 11 is 0. The molecule has 2 aromatic carbocycles. The summed E-state index contributed by atoms with van der Waals surface area (Å²) < 4.78 is 36.5. The van der Waals surface area contributed by atoms with Crippen LogP contribution in [0.3, 0.4) is 0 Å². The molecule has 1 aliphatic rings. The minimum Gasteiger partial charge on any atom is -0.495 e. The molecule has 0 bridgehead atoms. The van der Waals surface area contributed by atoms with Gasteiger partial charge in [-0.15, -0.1) is 0 Å². The number of nitrogens with zero attached hydrogens (tertiary/aromatic N) is 2. The summed E-state index contributed by atoms with van der Waals surface area (Å²) in [5.41, 5.74) is 3.13. The second-order valence-electron chi connectivity index (χ2n) is 9.10. The molecule has 8 nitrogen and oxygen atoms in total. The first kappa shape index (κ1) is 24.9. The average molecular weight is 497 g/mol. The highest BCUT2D eigenvalue weighted by Gasteiger charge is 2.29. The van der Waals surface area contributed by atoms with E-state index in [2.05, 4.69) is 22.1 Å². The number of benzene rings is 2. The van der Waals surface area contributed by atoms with E-state index in [-0.39, 0.29) is 28.2 Å². The molecule has 1 saturated carbocycles. The molecular weight excluding hydrogens is 464 g/mol. The van der Waals surface area contributed by atoms with E-state index in [1.165, 1.54) is 19.2 Å². The number of para-hydroxylation sites is 1. The van der Waals surface area contributed by atoms with Crippen LogP contribution in [-0.2, 0) is 10.0 Å². The Balaban J connectivity index is 1.61. The lowest BCUT2D eigenvalue weighted by atomic mass is 9.87. The van der Waals surface area contributed by atoms with E-state index < -0.39 is 15.9 Å². The van der Waals surface area contributed by atoms with E-state index in [0.29, 0.717) is 11.4 Å². The van der Waals surface area contributed by atoms with Gasteiger partial charge in [-0.2, -0.15) is 5.10 Å². The maximum absolute atomic E-state index is 13.3. The van der Waals surface area contributed by atoms with Gasteiger partial charge in [-0.05, 0) is 62.9 Å². The van der Waals surface area contributed by atoms with Crippen LogP contribution in [0.5, 0.6) is 5.75 Å². The number of carbonyl (C=O) groups excluding carboxylic acids is 1. The van der Waals surface area contributed by atoms with Crippen molar-refractivity contribution in [3.8, 4) is 11.4 Å². The molecule has 1 amide bonds. The van der Waals surface area contributed by atoms with Gasteiger partial charge in [-0.1, -0.05) is 38.0 Å². The number of methoxy groups -OCH3 is 1. The SMILES string of the molecule is COc1ccc(C(=O)Nc2c(C)nn(-c3ccccc3)c2C)cc1S(=O)(=O)NC1CCCCC1C. The molecule has 0 aliphatic heterocycles. The monoisotopic (exact) mass is 496 g/mol. The van der Waals surface area contributed by atoms with Gasteiger partial charge in [-0.25, -0.2) is 17.8 Å². The van der Waals surface area contributed by atoms with Crippen LogP contribution in [0.25, 0.3) is 5.69 Å². The van der Waals surface area contributed by atoms with Crippen LogP contribution in [0.15, 0.2) is 53.4 Å². The van der Waals surface area contributed by atoms with Gasteiger partial charge in [0.15, 0.2) is 0 Å². The minimum atomic E-state index is -3.88. The Bertz CT molecular complexity index is 1320. The van der Waals surface area contributed by atoms with Crippen molar-refractivity contribution < 1.29 is 17.9 Å². The van der Waals surface area contributed by atoms with E-state index in [9.17, 15) is 13.2 Å². The van der Waals surface area contributed by atoms with E-state index in [0.717, 1.165) is 37.1 Å². The van der Waals surface area contributed by atoms with Crippen molar-refractivity contribution in [1.82, 2.24) is 14.5 Å². The van der Waals surface area contributed by atoms with E-state index in [1.54, 1.807) is 10.7 Å². The lowest BCUT2D eigenvalue weighted by molar-refractivity contribution is 0.102. The van der Waals surface area contributed by atoms with Gasteiger partial charge in [0.1, 0.15) is 10.6 Å². The minimum absolute atomic E-state index is 0.0427. The maximum atomic E-state index is 13.3. The number of amides is 1. The van der Waals surface area contributed by atoms with Crippen LogP contribution in [-0.4, -0.2) is 37.3 Å². The normalized spacial score (nSPS) is 18.3. The average Bonchev–Trinajstić information content (AvgIpc) is 3.13. The van der Waals surface area contributed by atoms with Gasteiger partial charge in [0, 0.05) is 11.6 Å². The van der Waals surface area contributed by atoms with Gasteiger partial charge in [-0.3, -0.25) is 4.79 Å². The lowest BCUT2D eigenvalue weighted by Gasteiger charge is -2.29. The molecule has 0 radical (unpaired) electrons. The molecule has 1 heterocycles. The van der Waals surface area contributed by atoms with Crippen molar-refractivity contribution in [2.45, 2.75) is 57.4 Å². The third-order valence-electron chi connectivity index (χ3n) is 6.66. The number of aromatic nitrogens is 2. The predicted molar refractivity (Wildman–Crippen MR) is 136 cm³/mol. The molecule has 1 fully saturated rings. The van der Waals surface area contributed by atoms with E-state index >= 15 is 0 Å². The first-order valence-corrected chi connectivity index (χ1v) is 13.3. The van der Waals surface area contributed by atoms with Gasteiger partial charge < -0.3 is 10.1 Å². The van der Waals surface area contributed by atoms with Crippen molar-refractivity contribution in [3.05, 3.63) is 65.5 Å².